The Kier molecular flexibility index (Phi) is 6.69. The quantitative estimate of drug-likeness (QED) is 0.400. The maximum absolute atomic E-state index is 12.6. The Hall–Kier alpha value is -2.47. The molecule has 26 heavy (non-hydrogen) atoms. The zero-order valence-corrected chi connectivity index (χ0v) is 15.9. The van der Waals surface area contributed by atoms with Gasteiger partial charge in [0.05, 0.1) is 18.1 Å². The third kappa shape index (κ3) is 3.70. The van der Waals surface area contributed by atoms with E-state index >= 15 is 0 Å². The number of ketones is 1. The smallest absolute Gasteiger partial charge is 0.328 e. The van der Waals surface area contributed by atoms with Crippen LogP contribution in [0.1, 0.15) is 48.0 Å². The van der Waals surface area contributed by atoms with Crippen molar-refractivity contribution in [3.63, 3.8) is 0 Å². The molecule has 6 heteroatoms. The van der Waals surface area contributed by atoms with Gasteiger partial charge in [-0.2, -0.15) is 0 Å². The van der Waals surface area contributed by atoms with E-state index in [1.165, 1.54) is 11.3 Å². The summed E-state index contributed by atoms with van der Waals surface area (Å²) in [5.41, 5.74) is -0.579. The highest BCUT2D eigenvalue weighted by Gasteiger charge is 2.49. The van der Waals surface area contributed by atoms with Crippen LogP contribution in [0, 0.1) is 0 Å². The van der Waals surface area contributed by atoms with Crippen molar-refractivity contribution >= 4 is 29.1 Å². The lowest BCUT2D eigenvalue weighted by Crippen LogP contribution is -2.45. The van der Waals surface area contributed by atoms with Crippen LogP contribution < -0.4 is 0 Å². The van der Waals surface area contributed by atoms with Crippen molar-refractivity contribution in [1.29, 1.82) is 0 Å². The van der Waals surface area contributed by atoms with Crippen LogP contribution in [-0.2, 0) is 24.5 Å². The van der Waals surface area contributed by atoms with Gasteiger partial charge in [-0.15, -0.1) is 11.3 Å². The molecule has 0 aliphatic rings. The predicted molar refractivity (Wildman–Crippen MR) is 99.4 cm³/mol. The summed E-state index contributed by atoms with van der Waals surface area (Å²) in [4.78, 5) is 38.3. The van der Waals surface area contributed by atoms with Crippen LogP contribution in [0.3, 0.4) is 0 Å². The first-order chi connectivity index (χ1) is 12.5. The van der Waals surface area contributed by atoms with E-state index in [2.05, 4.69) is 0 Å². The molecule has 0 fully saturated rings. The Labute approximate surface area is 156 Å². The molecule has 1 aromatic heterocycles. The van der Waals surface area contributed by atoms with Crippen LogP contribution >= 0.6 is 11.3 Å². The molecule has 0 unspecified atom stereocenters. The largest absolute Gasteiger partial charge is 0.465 e. The number of hydrogen-bond acceptors (Lipinski definition) is 6. The van der Waals surface area contributed by atoms with Crippen LogP contribution in [0.4, 0.5) is 0 Å². The third-order valence-electron chi connectivity index (χ3n) is 4.16. The molecule has 0 saturated carbocycles. The molecule has 5 nitrogen and oxygen atoms in total. The van der Waals surface area contributed by atoms with Crippen molar-refractivity contribution in [3.05, 3.63) is 57.8 Å². The summed E-state index contributed by atoms with van der Waals surface area (Å²) in [5.74, 6) is -1.38. The second kappa shape index (κ2) is 8.76. The van der Waals surface area contributed by atoms with Gasteiger partial charge in [0.1, 0.15) is 0 Å². The summed E-state index contributed by atoms with van der Waals surface area (Å²) in [6, 6.07) is 10.1. The van der Waals surface area contributed by atoms with Crippen LogP contribution in [0.15, 0.2) is 41.8 Å². The van der Waals surface area contributed by atoms with E-state index in [0.29, 0.717) is 16.0 Å². The van der Waals surface area contributed by atoms with Gasteiger partial charge in [-0.05, 0) is 37.3 Å². The van der Waals surface area contributed by atoms with Gasteiger partial charge in [0.25, 0.3) is 0 Å². The lowest BCUT2D eigenvalue weighted by Gasteiger charge is -2.28. The summed E-state index contributed by atoms with van der Waals surface area (Å²) < 4.78 is 10.3. The molecule has 0 amide bonds. The average molecular weight is 374 g/mol. The molecule has 0 radical (unpaired) electrons. The van der Waals surface area contributed by atoms with Crippen molar-refractivity contribution in [2.45, 2.75) is 32.6 Å². The van der Waals surface area contributed by atoms with Crippen LogP contribution in [0.5, 0.6) is 0 Å². The first-order valence-electron chi connectivity index (χ1n) is 8.54. The van der Waals surface area contributed by atoms with Gasteiger partial charge in [-0.25, -0.2) is 0 Å². The number of carbonyl (C=O) groups is 3. The van der Waals surface area contributed by atoms with Crippen LogP contribution in [0.25, 0.3) is 0 Å². The van der Waals surface area contributed by atoms with Crippen molar-refractivity contribution < 1.29 is 23.9 Å². The summed E-state index contributed by atoms with van der Waals surface area (Å²) in [6.07, 6.45) is 0.197. The SMILES string of the molecule is CCOC(=O)C(CC)(C(=O)OCC)c1ccc(C(=O)c2cccs2)cc1. The van der Waals surface area contributed by atoms with Gasteiger partial charge < -0.3 is 9.47 Å². The summed E-state index contributed by atoms with van der Waals surface area (Å²) in [7, 11) is 0. The summed E-state index contributed by atoms with van der Waals surface area (Å²) >= 11 is 1.37. The van der Waals surface area contributed by atoms with Gasteiger partial charge >= 0.3 is 11.9 Å². The maximum atomic E-state index is 12.6. The number of esters is 2. The lowest BCUT2D eigenvalue weighted by atomic mass is 9.77. The van der Waals surface area contributed by atoms with Crippen molar-refractivity contribution in [2.24, 2.45) is 0 Å². The zero-order chi connectivity index (χ0) is 19.2. The Morgan fingerprint density at radius 1 is 0.923 bits per heavy atom. The number of rotatable bonds is 8. The molecule has 0 N–H and O–H groups in total. The number of hydrogen-bond donors (Lipinski definition) is 0. The van der Waals surface area contributed by atoms with Crippen molar-refractivity contribution in [3.8, 4) is 0 Å². The van der Waals surface area contributed by atoms with Gasteiger partial charge in [-0.1, -0.05) is 37.3 Å². The summed E-state index contributed by atoms with van der Waals surface area (Å²) in [5, 5.41) is 1.84. The molecular formula is C20H22O5S. The minimum Gasteiger partial charge on any atom is -0.465 e. The van der Waals surface area contributed by atoms with Gasteiger partial charge in [-0.3, -0.25) is 14.4 Å². The fraction of sp³-hybridized carbons (Fsp3) is 0.350. The normalized spacial score (nSPS) is 11.0. The first-order valence-corrected chi connectivity index (χ1v) is 9.42. The highest BCUT2D eigenvalue weighted by atomic mass is 32.1. The van der Waals surface area contributed by atoms with E-state index in [1.807, 2.05) is 11.4 Å². The van der Waals surface area contributed by atoms with E-state index < -0.39 is 17.4 Å². The minimum atomic E-state index is -1.53. The maximum Gasteiger partial charge on any atom is 0.328 e. The molecule has 138 valence electrons. The van der Waals surface area contributed by atoms with E-state index in [9.17, 15) is 14.4 Å². The Balaban J connectivity index is 2.43. The fourth-order valence-electron chi connectivity index (χ4n) is 2.78. The fourth-order valence-corrected chi connectivity index (χ4v) is 3.46. The standard InChI is InChI=1S/C20H22O5S/c1-4-20(18(22)24-5-2,19(23)25-6-3)15-11-9-14(10-12-15)17(21)16-8-7-13-26-16/h7-13H,4-6H2,1-3H3. The predicted octanol–water partition coefficient (Wildman–Crippen LogP) is 3.75. The van der Waals surface area contributed by atoms with E-state index in [4.69, 9.17) is 9.47 Å². The topological polar surface area (TPSA) is 69.7 Å². The van der Waals surface area contributed by atoms with Crippen molar-refractivity contribution in [2.75, 3.05) is 13.2 Å². The molecule has 0 aliphatic heterocycles. The monoisotopic (exact) mass is 374 g/mol. The number of ether oxygens (including phenoxy) is 2. The molecule has 0 aliphatic carbocycles. The summed E-state index contributed by atoms with van der Waals surface area (Å²) in [6.45, 7) is 5.43. The van der Waals surface area contributed by atoms with Gasteiger partial charge in [0.15, 0.2) is 5.41 Å². The second-order valence-electron chi connectivity index (χ2n) is 5.58. The second-order valence-corrected chi connectivity index (χ2v) is 6.53. The molecule has 2 rings (SSSR count). The Bertz CT molecular complexity index is 744. The molecule has 2 aromatic rings. The van der Waals surface area contributed by atoms with E-state index in [0.717, 1.165) is 0 Å². The number of carbonyl (C=O) groups excluding carboxylic acids is 3. The van der Waals surface area contributed by atoms with Crippen molar-refractivity contribution in [1.82, 2.24) is 0 Å². The average Bonchev–Trinajstić information content (AvgIpc) is 3.18. The van der Waals surface area contributed by atoms with Gasteiger partial charge in [0, 0.05) is 5.56 Å². The highest BCUT2D eigenvalue weighted by Crippen LogP contribution is 2.32. The van der Waals surface area contributed by atoms with Gasteiger partial charge in [0.2, 0.25) is 5.78 Å². The lowest BCUT2D eigenvalue weighted by molar-refractivity contribution is -0.165. The van der Waals surface area contributed by atoms with Crippen LogP contribution in [0.2, 0.25) is 0 Å². The first kappa shape index (κ1) is 19.8. The minimum absolute atomic E-state index is 0.0964. The molecule has 0 bridgehead atoms. The Morgan fingerprint density at radius 2 is 1.50 bits per heavy atom. The molecule has 0 spiro atoms. The molecule has 1 aromatic carbocycles. The molecular weight excluding hydrogens is 352 g/mol. The third-order valence-corrected chi connectivity index (χ3v) is 5.03. The molecule has 0 saturated heterocycles. The highest BCUT2D eigenvalue weighted by molar-refractivity contribution is 7.12. The zero-order valence-electron chi connectivity index (χ0n) is 15.1. The molecule has 0 atom stereocenters. The van der Waals surface area contributed by atoms with Crippen LogP contribution in [-0.4, -0.2) is 30.9 Å². The number of thiophene rings is 1. The van der Waals surface area contributed by atoms with E-state index in [-0.39, 0.29) is 25.4 Å². The Morgan fingerprint density at radius 3 is 1.92 bits per heavy atom. The number of benzene rings is 1. The molecule has 1 heterocycles. The van der Waals surface area contributed by atoms with E-state index in [1.54, 1.807) is 51.1 Å².